The van der Waals surface area contributed by atoms with Crippen molar-refractivity contribution in [1.82, 2.24) is 15.0 Å². The van der Waals surface area contributed by atoms with Crippen LogP contribution in [0.25, 0.3) is 0 Å². The van der Waals surface area contributed by atoms with Gasteiger partial charge in [0.2, 0.25) is 0 Å². The third-order valence-electron chi connectivity index (χ3n) is 7.01. The predicted octanol–water partition coefficient (Wildman–Crippen LogP) is -2.86. The molecule has 4 rings (SSSR count). The summed E-state index contributed by atoms with van der Waals surface area (Å²) in [6.07, 6.45) is -0.585. The van der Waals surface area contributed by atoms with Crippen molar-refractivity contribution in [3.8, 4) is 0 Å². The molecule has 12 heteroatoms. The molecule has 3 heterocycles. The Labute approximate surface area is 190 Å². The number of benzene rings is 1. The molecule has 0 amide bonds. The molecule has 3 aliphatic heterocycles. The van der Waals surface area contributed by atoms with Gasteiger partial charge in [-0.15, -0.1) is 0 Å². The first-order valence-electron chi connectivity index (χ1n) is 11.4. The van der Waals surface area contributed by atoms with E-state index in [0.717, 1.165) is 56.3 Å². The SMILES string of the molecule is Cc1c(N2CCN(N)CC2N)cc(N2CCN(N)CC2N)c(C)c1N1CCN(N)CC1N. The van der Waals surface area contributed by atoms with Crippen molar-refractivity contribution in [3.63, 3.8) is 0 Å². The minimum absolute atomic E-state index is 0.194. The molecule has 0 aromatic heterocycles. The van der Waals surface area contributed by atoms with Crippen LogP contribution in [0.3, 0.4) is 0 Å². The van der Waals surface area contributed by atoms with Crippen molar-refractivity contribution in [2.75, 3.05) is 73.6 Å². The van der Waals surface area contributed by atoms with E-state index >= 15 is 0 Å². The van der Waals surface area contributed by atoms with Crippen LogP contribution in [0.5, 0.6) is 0 Å². The highest BCUT2D eigenvalue weighted by molar-refractivity contribution is 5.80. The van der Waals surface area contributed by atoms with Gasteiger partial charge in [0.15, 0.2) is 0 Å². The molecule has 3 unspecified atom stereocenters. The highest BCUT2D eigenvalue weighted by Crippen LogP contribution is 2.41. The molecule has 180 valence electrons. The van der Waals surface area contributed by atoms with Gasteiger partial charge >= 0.3 is 0 Å². The fourth-order valence-electron chi connectivity index (χ4n) is 5.27. The summed E-state index contributed by atoms with van der Waals surface area (Å²) in [5, 5.41) is 5.34. The van der Waals surface area contributed by atoms with Gasteiger partial charge in [-0.1, -0.05) is 0 Å². The van der Waals surface area contributed by atoms with E-state index in [1.807, 2.05) is 0 Å². The van der Waals surface area contributed by atoms with Gasteiger partial charge in [0.25, 0.3) is 0 Å². The maximum absolute atomic E-state index is 6.57. The van der Waals surface area contributed by atoms with Crippen LogP contribution in [0.15, 0.2) is 6.07 Å². The lowest BCUT2D eigenvalue weighted by atomic mass is 9.99. The van der Waals surface area contributed by atoms with Gasteiger partial charge in [0.1, 0.15) is 0 Å². The Hall–Kier alpha value is -1.74. The van der Waals surface area contributed by atoms with E-state index in [1.165, 1.54) is 11.1 Å². The molecular weight excluding hydrogens is 408 g/mol. The van der Waals surface area contributed by atoms with E-state index in [-0.39, 0.29) is 18.5 Å². The van der Waals surface area contributed by atoms with Gasteiger partial charge in [-0.3, -0.25) is 17.5 Å². The summed E-state index contributed by atoms with van der Waals surface area (Å²) < 4.78 is 0. The molecule has 3 aliphatic rings. The minimum atomic E-state index is -0.196. The lowest BCUT2D eigenvalue weighted by molar-refractivity contribution is 0.228. The van der Waals surface area contributed by atoms with Crippen molar-refractivity contribution >= 4 is 17.1 Å². The number of hydrazine groups is 3. The summed E-state index contributed by atoms with van der Waals surface area (Å²) in [5.74, 6) is 18.1. The van der Waals surface area contributed by atoms with Crippen LogP contribution in [0.4, 0.5) is 17.1 Å². The zero-order valence-electron chi connectivity index (χ0n) is 19.3. The maximum Gasteiger partial charge on any atom is 0.0914 e. The van der Waals surface area contributed by atoms with Gasteiger partial charge in [-0.25, -0.2) is 15.0 Å². The average Bonchev–Trinajstić information content (AvgIpc) is 2.71. The molecule has 3 fully saturated rings. The Morgan fingerprint density at radius 2 is 0.938 bits per heavy atom. The summed E-state index contributed by atoms with van der Waals surface area (Å²) in [7, 11) is 0. The topological polar surface area (TPSA) is 176 Å². The van der Waals surface area contributed by atoms with Crippen molar-refractivity contribution in [2.24, 2.45) is 34.7 Å². The van der Waals surface area contributed by atoms with Gasteiger partial charge in [0, 0.05) is 76.0 Å². The zero-order valence-corrected chi connectivity index (χ0v) is 19.3. The first kappa shape index (κ1) is 23.4. The summed E-state index contributed by atoms with van der Waals surface area (Å²) in [5.41, 5.74) is 25.3. The molecule has 12 nitrogen and oxygen atoms in total. The highest BCUT2D eigenvalue weighted by atomic mass is 15.5. The van der Waals surface area contributed by atoms with Crippen molar-refractivity contribution in [1.29, 1.82) is 0 Å². The molecule has 12 N–H and O–H groups in total. The number of piperazine rings is 3. The predicted molar refractivity (Wildman–Crippen MR) is 129 cm³/mol. The Morgan fingerprint density at radius 3 is 1.28 bits per heavy atom. The van der Waals surface area contributed by atoms with Crippen LogP contribution in [-0.4, -0.2) is 92.4 Å². The van der Waals surface area contributed by atoms with Crippen LogP contribution in [0, 0.1) is 13.8 Å². The van der Waals surface area contributed by atoms with E-state index in [4.69, 9.17) is 34.7 Å². The Bertz CT molecular complexity index is 768. The third-order valence-corrected chi connectivity index (χ3v) is 7.01. The van der Waals surface area contributed by atoms with Crippen LogP contribution in [-0.2, 0) is 0 Å². The largest absolute Gasteiger partial charge is 0.353 e. The minimum Gasteiger partial charge on any atom is -0.353 e. The van der Waals surface area contributed by atoms with E-state index in [1.54, 1.807) is 15.0 Å². The molecule has 0 aliphatic carbocycles. The summed E-state index contributed by atoms with van der Waals surface area (Å²) in [4.78, 5) is 6.78. The molecule has 0 bridgehead atoms. The molecule has 1 aromatic rings. The maximum atomic E-state index is 6.57. The van der Waals surface area contributed by atoms with Gasteiger partial charge in [-0.2, -0.15) is 0 Å². The number of anilines is 3. The second-order valence-electron chi connectivity index (χ2n) is 9.28. The van der Waals surface area contributed by atoms with Crippen molar-refractivity contribution < 1.29 is 0 Å². The molecule has 32 heavy (non-hydrogen) atoms. The summed E-state index contributed by atoms with van der Waals surface area (Å²) in [6, 6.07) is 2.23. The Balaban J connectivity index is 1.81. The normalized spacial score (nSPS) is 29.1. The molecule has 3 saturated heterocycles. The first-order chi connectivity index (χ1) is 15.2. The second-order valence-corrected chi connectivity index (χ2v) is 9.28. The summed E-state index contributed by atoms with van der Waals surface area (Å²) >= 11 is 0. The van der Waals surface area contributed by atoms with Gasteiger partial charge in [-0.05, 0) is 31.0 Å². The Morgan fingerprint density at radius 1 is 0.594 bits per heavy atom. The van der Waals surface area contributed by atoms with Crippen molar-refractivity contribution in [3.05, 3.63) is 17.2 Å². The highest BCUT2D eigenvalue weighted by Gasteiger charge is 2.33. The molecule has 0 radical (unpaired) electrons. The zero-order chi connectivity index (χ0) is 23.2. The number of rotatable bonds is 3. The fourth-order valence-corrected chi connectivity index (χ4v) is 5.27. The number of hydrogen-bond acceptors (Lipinski definition) is 12. The lowest BCUT2D eigenvalue weighted by Crippen LogP contribution is -2.61. The number of hydrogen-bond donors (Lipinski definition) is 6. The second kappa shape index (κ2) is 9.25. The number of nitrogens with zero attached hydrogens (tertiary/aromatic N) is 6. The first-order valence-corrected chi connectivity index (χ1v) is 11.4. The molecule has 0 saturated carbocycles. The van der Waals surface area contributed by atoms with E-state index in [2.05, 4.69) is 34.6 Å². The van der Waals surface area contributed by atoms with Crippen LogP contribution < -0.4 is 49.4 Å². The summed E-state index contributed by atoms with van der Waals surface area (Å²) in [6.45, 7) is 10.7. The van der Waals surface area contributed by atoms with Crippen LogP contribution >= 0.6 is 0 Å². The Kier molecular flexibility index (Phi) is 6.77. The number of nitrogens with two attached hydrogens (primary N) is 6. The fraction of sp³-hybridized carbons (Fsp3) is 0.700. The average molecular weight is 449 g/mol. The van der Waals surface area contributed by atoms with Crippen LogP contribution in [0.1, 0.15) is 11.1 Å². The van der Waals surface area contributed by atoms with E-state index in [9.17, 15) is 0 Å². The molecule has 3 atom stereocenters. The smallest absolute Gasteiger partial charge is 0.0914 e. The van der Waals surface area contributed by atoms with Crippen molar-refractivity contribution in [2.45, 2.75) is 32.3 Å². The van der Waals surface area contributed by atoms with E-state index < -0.39 is 0 Å². The third kappa shape index (κ3) is 4.38. The molecule has 1 aromatic carbocycles. The van der Waals surface area contributed by atoms with E-state index in [0.29, 0.717) is 19.6 Å². The van der Waals surface area contributed by atoms with Gasteiger partial charge < -0.3 is 31.9 Å². The molecule has 0 spiro atoms. The lowest BCUT2D eigenvalue weighted by Gasteiger charge is -2.45. The monoisotopic (exact) mass is 448 g/mol. The van der Waals surface area contributed by atoms with Crippen LogP contribution in [0.2, 0.25) is 0 Å². The quantitative estimate of drug-likeness (QED) is 0.261. The standard InChI is InChI=1S/C20H40N12/c1-13-15(30-6-3-27(24)10-17(30)21)9-16(31-7-4-28(25)11-18(31)22)14(2)20(13)32-8-5-29(26)12-19(32)23/h9,17-19H,3-8,10-12,21-26H2,1-2H3. The van der Waals surface area contributed by atoms with Gasteiger partial charge in [0.05, 0.1) is 18.5 Å². The molecular formula is C20H40N12.